The van der Waals surface area contributed by atoms with Gasteiger partial charge in [-0.25, -0.2) is 0 Å². The van der Waals surface area contributed by atoms with E-state index in [1.54, 1.807) is 0 Å². The van der Waals surface area contributed by atoms with Crippen molar-refractivity contribution < 1.29 is 13.2 Å². The molecule has 0 heterocycles. The summed E-state index contributed by atoms with van der Waals surface area (Å²) in [5.41, 5.74) is -0.285. The molecule has 0 fully saturated rings. The van der Waals surface area contributed by atoms with Crippen molar-refractivity contribution in [1.29, 1.82) is 0 Å². The van der Waals surface area contributed by atoms with Gasteiger partial charge in [-0.05, 0) is 26.8 Å². The van der Waals surface area contributed by atoms with E-state index in [1.165, 1.54) is 0 Å². The molecule has 13 heavy (non-hydrogen) atoms. The van der Waals surface area contributed by atoms with E-state index in [0.29, 0.717) is 12.4 Å². The lowest BCUT2D eigenvalue weighted by Crippen LogP contribution is -2.41. The standard InChI is InChI=1S/C8H15ClF3N/c1-7(2,6-9)13-5-3-4-8(10,11)12/h13H,3-6H2,1-2H3. The molecule has 0 spiro atoms. The first-order chi connectivity index (χ1) is 5.77. The van der Waals surface area contributed by atoms with Gasteiger partial charge in [0.05, 0.1) is 0 Å². The molecular formula is C8H15ClF3N. The van der Waals surface area contributed by atoms with E-state index in [-0.39, 0.29) is 12.0 Å². The zero-order valence-electron chi connectivity index (χ0n) is 7.84. The summed E-state index contributed by atoms with van der Waals surface area (Å²) >= 11 is 5.58. The fourth-order valence-corrected chi connectivity index (χ4v) is 0.857. The van der Waals surface area contributed by atoms with E-state index in [4.69, 9.17) is 11.6 Å². The Labute approximate surface area is 81.6 Å². The predicted octanol–water partition coefficient (Wildman–Crippen LogP) is 2.94. The molecule has 0 aliphatic rings. The summed E-state index contributed by atoms with van der Waals surface area (Å²) in [6.45, 7) is 4.06. The van der Waals surface area contributed by atoms with Gasteiger partial charge in [-0.1, -0.05) is 0 Å². The Balaban J connectivity index is 3.47. The van der Waals surface area contributed by atoms with Gasteiger partial charge in [0.2, 0.25) is 0 Å². The highest BCUT2D eigenvalue weighted by Gasteiger charge is 2.26. The second-order valence-electron chi connectivity index (χ2n) is 3.66. The van der Waals surface area contributed by atoms with Crippen LogP contribution in [0.5, 0.6) is 0 Å². The molecule has 0 saturated heterocycles. The van der Waals surface area contributed by atoms with E-state index in [0.717, 1.165) is 0 Å². The van der Waals surface area contributed by atoms with Crippen LogP contribution in [0.4, 0.5) is 13.2 Å². The molecule has 0 aromatic heterocycles. The van der Waals surface area contributed by atoms with Crippen LogP contribution in [0.25, 0.3) is 0 Å². The van der Waals surface area contributed by atoms with E-state index in [9.17, 15) is 13.2 Å². The van der Waals surface area contributed by atoms with E-state index >= 15 is 0 Å². The molecule has 5 heteroatoms. The van der Waals surface area contributed by atoms with Crippen molar-refractivity contribution in [2.75, 3.05) is 12.4 Å². The SMILES string of the molecule is CC(C)(CCl)NCCCC(F)(F)F. The summed E-state index contributed by atoms with van der Waals surface area (Å²) in [6, 6.07) is 0. The van der Waals surface area contributed by atoms with Gasteiger partial charge in [-0.3, -0.25) is 0 Å². The highest BCUT2D eigenvalue weighted by molar-refractivity contribution is 6.18. The number of alkyl halides is 4. The fourth-order valence-electron chi connectivity index (χ4n) is 0.763. The number of halogens is 4. The quantitative estimate of drug-likeness (QED) is 0.552. The van der Waals surface area contributed by atoms with Crippen molar-refractivity contribution in [3.8, 4) is 0 Å². The Bertz CT molecular complexity index is 145. The molecule has 0 rings (SSSR count). The lowest BCUT2D eigenvalue weighted by atomic mass is 10.1. The number of rotatable bonds is 5. The van der Waals surface area contributed by atoms with Gasteiger partial charge in [0.25, 0.3) is 0 Å². The van der Waals surface area contributed by atoms with Gasteiger partial charge in [0.15, 0.2) is 0 Å². The van der Waals surface area contributed by atoms with Crippen molar-refractivity contribution in [2.24, 2.45) is 0 Å². The number of hydrogen-bond donors (Lipinski definition) is 1. The van der Waals surface area contributed by atoms with E-state index < -0.39 is 12.6 Å². The Morgan fingerprint density at radius 2 is 1.77 bits per heavy atom. The third-order valence-corrected chi connectivity index (χ3v) is 2.24. The predicted molar refractivity (Wildman–Crippen MR) is 48.1 cm³/mol. The van der Waals surface area contributed by atoms with Gasteiger partial charge in [-0.2, -0.15) is 13.2 Å². The zero-order chi connectivity index (χ0) is 10.5. The van der Waals surface area contributed by atoms with Crippen LogP contribution < -0.4 is 5.32 Å². The average molecular weight is 218 g/mol. The van der Waals surface area contributed by atoms with Crippen molar-refractivity contribution in [3.05, 3.63) is 0 Å². The number of hydrogen-bond acceptors (Lipinski definition) is 1. The van der Waals surface area contributed by atoms with Crippen LogP contribution in [0.15, 0.2) is 0 Å². The molecule has 0 unspecified atom stereocenters. The first-order valence-corrected chi connectivity index (χ1v) is 4.68. The molecule has 1 N–H and O–H groups in total. The number of nitrogens with one attached hydrogen (secondary N) is 1. The molecule has 0 saturated carbocycles. The zero-order valence-corrected chi connectivity index (χ0v) is 8.60. The van der Waals surface area contributed by atoms with Crippen molar-refractivity contribution in [2.45, 2.75) is 38.4 Å². The van der Waals surface area contributed by atoms with Crippen LogP contribution >= 0.6 is 11.6 Å². The minimum Gasteiger partial charge on any atom is -0.311 e. The third kappa shape index (κ3) is 8.37. The van der Waals surface area contributed by atoms with Crippen molar-refractivity contribution in [1.82, 2.24) is 5.32 Å². The van der Waals surface area contributed by atoms with Gasteiger partial charge in [0.1, 0.15) is 0 Å². The lowest BCUT2D eigenvalue weighted by Gasteiger charge is -2.23. The second-order valence-corrected chi connectivity index (χ2v) is 3.93. The maximum atomic E-state index is 11.7. The maximum absolute atomic E-state index is 11.7. The Morgan fingerprint density at radius 1 is 1.23 bits per heavy atom. The first kappa shape index (κ1) is 13.0. The summed E-state index contributed by atoms with van der Waals surface area (Å²) in [6.07, 6.45) is -4.69. The molecule has 0 atom stereocenters. The minimum absolute atomic E-state index is 0.101. The fraction of sp³-hybridized carbons (Fsp3) is 1.00. The first-order valence-electron chi connectivity index (χ1n) is 4.14. The Hall–Kier alpha value is 0.0400. The highest BCUT2D eigenvalue weighted by Crippen LogP contribution is 2.20. The second kappa shape index (κ2) is 5.05. The van der Waals surface area contributed by atoms with Crippen molar-refractivity contribution >= 4 is 11.6 Å². The van der Waals surface area contributed by atoms with Gasteiger partial charge in [0, 0.05) is 17.8 Å². The molecule has 0 aliphatic heterocycles. The molecule has 0 radical (unpaired) electrons. The minimum atomic E-state index is -4.05. The van der Waals surface area contributed by atoms with Crippen LogP contribution in [-0.2, 0) is 0 Å². The summed E-state index contributed by atoms with van der Waals surface area (Å²) in [5.74, 6) is 0.388. The molecule has 1 nitrogen and oxygen atoms in total. The van der Waals surface area contributed by atoms with Crippen molar-refractivity contribution in [3.63, 3.8) is 0 Å². The maximum Gasteiger partial charge on any atom is 0.389 e. The summed E-state index contributed by atoms with van der Waals surface area (Å²) in [7, 11) is 0. The molecule has 0 aliphatic carbocycles. The third-order valence-electron chi connectivity index (χ3n) is 1.57. The highest BCUT2D eigenvalue weighted by atomic mass is 35.5. The summed E-state index contributed by atoms with van der Waals surface area (Å²) in [5, 5.41) is 2.95. The normalized spacial score (nSPS) is 13.4. The largest absolute Gasteiger partial charge is 0.389 e. The van der Waals surface area contributed by atoms with Crippen LogP contribution in [0.3, 0.4) is 0 Å². The smallest absolute Gasteiger partial charge is 0.311 e. The molecule has 0 aromatic rings. The van der Waals surface area contributed by atoms with E-state index in [2.05, 4.69) is 5.32 Å². The van der Waals surface area contributed by atoms with Gasteiger partial charge >= 0.3 is 6.18 Å². The average Bonchev–Trinajstić information content (AvgIpc) is 1.97. The van der Waals surface area contributed by atoms with Crippen LogP contribution in [0, 0.1) is 0 Å². The molecule has 80 valence electrons. The van der Waals surface area contributed by atoms with Crippen LogP contribution in [0.2, 0.25) is 0 Å². The van der Waals surface area contributed by atoms with Crippen LogP contribution in [-0.4, -0.2) is 24.1 Å². The topological polar surface area (TPSA) is 12.0 Å². The lowest BCUT2D eigenvalue weighted by molar-refractivity contribution is -0.135. The summed E-state index contributed by atoms with van der Waals surface area (Å²) in [4.78, 5) is 0. The van der Waals surface area contributed by atoms with Gasteiger partial charge in [-0.15, -0.1) is 11.6 Å². The molecule has 0 amide bonds. The Morgan fingerprint density at radius 3 is 2.15 bits per heavy atom. The summed E-state index contributed by atoms with van der Waals surface area (Å²) < 4.78 is 35.1. The Kier molecular flexibility index (Phi) is 5.07. The molecular weight excluding hydrogens is 203 g/mol. The monoisotopic (exact) mass is 217 g/mol. The van der Waals surface area contributed by atoms with Gasteiger partial charge < -0.3 is 5.32 Å². The van der Waals surface area contributed by atoms with E-state index in [1.807, 2.05) is 13.8 Å². The van der Waals surface area contributed by atoms with Crippen LogP contribution in [0.1, 0.15) is 26.7 Å². The molecule has 0 aromatic carbocycles. The molecule has 0 bridgehead atoms.